The SMILES string of the molecule is CSc1nc(-c2ccccc2)cc(=O)n1CC(=O)Nc1cc(C)cc(C)c1. The van der Waals surface area contributed by atoms with E-state index in [4.69, 9.17) is 0 Å². The van der Waals surface area contributed by atoms with Crippen LogP contribution in [-0.4, -0.2) is 21.7 Å². The number of hydrogen-bond donors (Lipinski definition) is 1. The monoisotopic (exact) mass is 379 g/mol. The van der Waals surface area contributed by atoms with Crippen molar-refractivity contribution >= 4 is 23.4 Å². The fourth-order valence-electron chi connectivity index (χ4n) is 2.93. The maximum absolute atomic E-state index is 12.6. The van der Waals surface area contributed by atoms with Gasteiger partial charge in [-0.25, -0.2) is 4.98 Å². The first kappa shape index (κ1) is 18.9. The van der Waals surface area contributed by atoms with Crippen molar-refractivity contribution in [3.63, 3.8) is 0 Å². The summed E-state index contributed by atoms with van der Waals surface area (Å²) in [5.74, 6) is -0.258. The first-order valence-electron chi connectivity index (χ1n) is 8.55. The minimum absolute atomic E-state index is 0.0793. The normalized spacial score (nSPS) is 10.6. The van der Waals surface area contributed by atoms with E-state index in [1.165, 1.54) is 22.4 Å². The third kappa shape index (κ3) is 4.65. The van der Waals surface area contributed by atoms with Crippen LogP contribution < -0.4 is 10.9 Å². The minimum atomic E-state index is -0.258. The van der Waals surface area contributed by atoms with E-state index in [9.17, 15) is 9.59 Å². The van der Waals surface area contributed by atoms with Gasteiger partial charge in [0.1, 0.15) is 6.54 Å². The van der Waals surface area contributed by atoms with Crippen LogP contribution in [0.5, 0.6) is 0 Å². The molecule has 3 rings (SSSR count). The Morgan fingerprint density at radius 2 is 1.74 bits per heavy atom. The summed E-state index contributed by atoms with van der Waals surface area (Å²) in [5, 5.41) is 3.37. The number of thioether (sulfide) groups is 1. The first-order chi connectivity index (χ1) is 13.0. The van der Waals surface area contributed by atoms with Crippen LogP contribution in [0.1, 0.15) is 11.1 Å². The van der Waals surface area contributed by atoms with Crippen LogP contribution >= 0.6 is 11.8 Å². The molecule has 6 heteroatoms. The number of amides is 1. The summed E-state index contributed by atoms with van der Waals surface area (Å²) in [4.78, 5) is 29.6. The van der Waals surface area contributed by atoms with Gasteiger partial charge < -0.3 is 5.32 Å². The van der Waals surface area contributed by atoms with E-state index < -0.39 is 0 Å². The van der Waals surface area contributed by atoms with Crippen molar-refractivity contribution in [3.8, 4) is 11.3 Å². The third-order valence-corrected chi connectivity index (χ3v) is 4.71. The molecule has 1 heterocycles. The van der Waals surface area contributed by atoms with Gasteiger partial charge in [0.2, 0.25) is 5.91 Å². The van der Waals surface area contributed by atoms with Crippen LogP contribution in [0.2, 0.25) is 0 Å². The van der Waals surface area contributed by atoms with E-state index >= 15 is 0 Å². The molecule has 1 amide bonds. The lowest BCUT2D eigenvalue weighted by Crippen LogP contribution is -2.29. The Labute approximate surface area is 162 Å². The van der Waals surface area contributed by atoms with Crippen molar-refractivity contribution in [1.82, 2.24) is 9.55 Å². The second-order valence-electron chi connectivity index (χ2n) is 6.34. The van der Waals surface area contributed by atoms with Crippen LogP contribution in [0.3, 0.4) is 0 Å². The standard InChI is InChI=1S/C21H21N3O2S/c1-14-9-15(2)11-17(10-14)22-19(25)13-24-20(26)12-18(23-21(24)27-3)16-7-5-4-6-8-16/h4-12H,13H2,1-3H3,(H,22,25). The first-order valence-corrected chi connectivity index (χ1v) is 9.78. The zero-order valence-corrected chi connectivity index (χ0v) is 16.3. The Kier molecular flexibility index (Phi) is 5.76. The number of carbonyl (C=O) groups is 1. The smallest absolute Gasteiger partial charge is 0.255 e. The van der Waals surface area contributed by atoms with Gasteiger partial charge >= 0.3 is 0 Å². The number of nitrogens with one attached hydrogen (secondary N) is 1. The summed E-state index contributed by atoms with van der Waals surface area (Å²) >= 11 is 1.34. The summed E-state index contributed by atoms with van der Waals surface area (Å²) in [6.07, 6.45) is 1.84. The fraction of sp³-hybridized carbons (Fsp3) is 0.190. The Bertz CT molecular complexity index is 1010. The maximum Gasteiger partial charge on any atom is 0.255 e. The molecule has 0 aliphatic carbocycles. The summed E-state index contributed by atoms with van der Waals surface area (Å²) in [7, 11) is 0. The number of carbonyl (C=O) groups excluding carboxylic acids is 1. The summed E-state index contributed by atoms with van der Waals surface area (Å²) < 4.78 is 1.40. The highest BCUT2D eigenvalue weighted by molar-refractivity contribution is 7.98. The number of aryl methyl sites for hydroxylation is 2. The van der Waals surface area contributed by atoms with Crippen LogP contribution in [-0.2, 0) is 11.3 Å². The van der Waals surface area contributed by atoms with Gasteiger partial charge in [-0.3, -0.25) is 14.2 Å². The summed E-state index contributed by atoms with van der Waals surface area (Å²) in [6.45, 7) is 3.88. The van der Waals surface area contributed by atoms with Gasteiger partial charge in [0, 0.05) is 17.3 Å². The molecule has 0 aliphatic heterocycles. The molecule has 0 aliphatic rings. The average Bonchev–Trinajstić information content (AvgIpc) is 2.63. The average molecular weight is 379 g/mol. The van der Waals surface area contributed by atoms with Crippen molar-refractivity contribution in [2.24, 2.45) is 0 Å². The second kappa shape index (κ2) is 8.22. The molecule has 3 aromatic rings. The molecule has 1 aromatic heterocycles. The number of nitrogens with zero attached hydrogens (tertiary/aromatic N) is 2. The van der Waals surface area contributed by atoms with Crippen LogP contribution in [0.15, 0.2) is 64.5 Å². The number of rotatable bonds is 5. The van der Waals surface area contributed by atoms with Crippen molar-refractivity contribution in [2.45, 2.75) is 25.5 Å². The highest BCUT2D eigenvalue weighted by atomic mass is 32.2. The molecule has 27 heavy (non-hydrogen) atoms. The molecule has 0 unspecified atom stereocenters. The van der Waals surface area contributed by atoms with Crippen LogP contribution in [0, 0.1) is 13.8 Å². The lowest BCUT2D eigenvalue weighted by Gasteiger charge is -2.13. The molecule has 138 valence electrons. The van der Waals surface area contributed by atoms with Crippen molar-refractivity contribution in [3.05, 3.63) is 76.1 Å². The van der Waals surface area contributed by atoms with Crippen LogP contribution in [0.25, 0.3) is 11.3 Å². The van der Waals surface area contributed by atoms with E-state index in [1.54, 1.807) is 0 Å². The molecule has 1 N–H and O–H groups in total. The predicted molar refractivity (Wildman–Crippen MR) is 110 cm³/mol. The Morgan fingerprint density at radius 3 is 2.37 bits per heavy atom. The van der Waals surface area contributed by atoms with Gasteiger partial charge in [-0.1, -0.05) is 48.2 Å². The van der Waals surface area contributed by atoms with Crippen LogP contribution in [0.4, 0.5) is 5.69 Å². The molecule has 0 saturated heterocycles. The van der Waals surface area contributed by atoms with Gasteiger partial charge in [-0.05, 0) is 43.4 Å². The fourth-order valence-corrected chi connectivity index (χ4v) is 3.50. The highest BCUT2D eigenvalue weighted by Gasteiger charge is 2.13. The lowest BCUT2D eigenvalue weighted by molar-refractivity contribution is -0.116. The van der Waals surface area contributed by atoms with Gasteiger partial charge in [-0.15, -0.1) is 0 Å². The van der Waals surface area contributed by atoms with Crippen molar-refractivity contribution < 1.29 is 4.79 Å². The van der Waals surface area contributed by atoms with E-state index in [1.807, 2.05) is 68.6 Å². The minimum Gasteiger partial charge on any atom is -0.325 e. The number of aromatic nitrogens is 2. The quantitative estimate of drug-likeness (QED) is 0.540. The summed E-state index contributed by atoms with van der Waals surface area (Å²) in [5.41, 5.74) is 4.10. The summed E-state index contributed by atoms with van der Waals surface area (Å²) in [6, 6.07) is 16.8. The van der Waals surface area contributed by atoms with Gasteiger partial charge in [0.15, 0.2) is 5.16 Å². The van der Waals surface area contributed by atoms with E-state index in [0.717, 1.165) is 22.4 Å². The molecule has 2 aromatic carbocycles. The zero-order valence-electron chi connectivity index (χ0n) is 15.5. The number of hydrogen-bond acceptors (Lipinski definition) is 4. The number of anilines is 1. The molecule has 0 fully saturated rings. The highest BCUT2D eigenvalue weighted by Crippen LogP contribution is 2.19. The van der Waals surface area contributed by atoms with Crippen molar-refractivity contribution in [1.29, 1.82) is 0 Å². The van der Waals surface area contributed by atoms with Gasteiger partial charge in [0.05, 0.1) is 5.69 Å². The van der Waals surface area contributed by atoms with Gasteiger partial charge in [0.25, 0.3) is 5.56 Å². The number of benzene rings is 2. The van der Waals surface area contributed by atoms with Crippen molar-refractivity contribution in [2.75, 3.05) is 11.6 Å². The molecule has 0 spiro atoms. The Hall–Kier alpha value is -2.86. The molecule has 0 radical (unpaired) electrons. The Balaban J connectivity index is 1.86. The van der Waals surface area contributed by atoms with E-state index in [0.29, 0.717) is 10.9 Å². The third-order valence-electron chi connectivity index (χ3n) is 4.03. The van der Waals surface area contributed by atoms with E-state index in [-0.39, 0.29) is 18.0 Å². The zero-order chi connectivity index (χ0) is 19.4. The topological polar surface area (TPSA) is 64.0 Å². The van der Waals surface area contributed by atoms with Gasteiger partial charge in [-0.2, -0.15) is 0 Å². The molecular weight excluding hydrogens is 358 g/mol. The molecule has 0 saturated carbocycles. The lowest BCUT2D eigenvalue weighted by atomic mass is 10.1. The maximum atomic E-state index is 12.6. The molecule has 0 bridgehead atoms. The molecule has 0 atom stereocenters. The second-order valence-corrected chi connectivity index (χ2v) is 7.12. The van der Waals surface area contributed by atoms with E-state index in [2.05, 4.69) is 10.3 Å². The molecule has 5 nitrogen and oxygen atoms in total. The Morgan fingerprint density at radius 1 is 1.07 bits per heavy atom. The largest absolute Gasteiger partial charge is 0.325 e. The molecular formula is C21H21N3O2S. The predicted octanol–water partition coefficient (Wildman–Crippen LogP) is 3.89.